The van der Waals surface area contributed by atoms with Gasteiger partial charge >= 0.3 is 6.16 Å². The molecular weight excluding hydrogens is 420 g/mol. The summed E-state index contributed by atoms with van der Waals surface area (Å²) in [5, 5.41) is 0. The molecule has 34 heavy (non-hydrogen) atoms. The maximum Gasteiger partial charge on any atom is 0.508 e. The Morgan fingerprint density at radius 2 is 1.85 bits per heavy atom. The first kappa shape index (κ1) is 26.1. The van der Waals surface area contributed by atoms with Crippen molar-refractivity contribution in [3.8, 4) is 0 Å². The van der Waals surface area contributed by atoms with Crippen molar-refractivity contribution in [1.82, 2.24) is 0 Å². The van der Waals surface area contributed by atoms with Gasteiger partial charge in [0.05, 0.1) is 6.61 Å². The van der Waals surface area contributed by atoms with Gasteiger partial charge in [-0.25, -0.2) is 4.79 Å². The number of hydrogen-bond donors (Lipinski definition) is 0. The van der Waals surface area contributed by atoms with Gasteiger partial charge in [-0.3, -0.25) is 0 Å². The topological polar surface area (TPSA) is 35.5 Å². The van der Waals surface area contributed by atoms with Crippen LogP contribution in [0.25, 0.3) is 0 Å². The van der Waals surface area contributed by atoms with Crippen molar-refractivity contribution in [3.63, 3.8) is 0 Å². The Hall–Kier alpha value is -0.990. The average Bonchev–Trinajstić information content (AvgIpc) is 3.15. The van der Waals surface area contributed by atoms with Crippen molar-refractivity contribution in [2.45, 2.75) is 125 Å². The minimum Gasteiger partial charge on any atom is -0.434 e. The highest BCUT2D eigenvalue weighted by atomic mass is 16.7. The van der Waals surface area contributed by atoms with Crippen LogP contribution < -0.4 is 0 Å². The summed E-state index contributed by atoms with van der Waals surface area (Å²) in [6.45, 7) is 15.0. The lowest BCUT2D eigenvalue weighted by Crippen LogP contribution is -2.51. The van der Waals surface area contributed by atoms with Gasteiger partial charge in [0.15, 0.2) is 0 Å². The summed E-state index contributed by atoms with van der Waals surface area (Å²) in [7, 11) is 0. The Kier molecular flexibility index (Phi) is 8.10. The molecule has 3 heteroatoms. The Balaban J connectivity index is 1.41. The van der Waals surface area contributed by atoms with Crippen LogP contribution in [0.4, 0.5) is 4.79 Å². The third-order valence-corrected chi connectivity index (χ3v) is 10.9. The first-order valence-corrected chi connectivity index (χ1v) is 14.7. The van der Waals surface area contributed by atoms with Crippen LogP contribution in [-0.2, 0) is 9.47 Å². The molecule has 8 atom stereocenters. The fourth-order valence-corrected chi connectivity index (χ4v) is 9.11. The minimum atomic E-state index is -0.474. The van der Waals surface area contributed by atoms with Gasteiger partial charge < -0.3 is 9.47 Å². The molecule has 0 N–H and O–H groups in total. The van der Waals surface area contributed by atoms with E-state index in [2.05, 4.69) is 40.7 Å². The number of rotatable bonds is 8. The highest BCUT2D eigenvalue weighted by Gasteiger charge is 2.59. The molecule has 3 nitrogen and oxygen atoms in total. The molecule has 0 aromatic rings. The molecule has 4 aliphatic rings. The molecule has 0 amide bonds. The van der Waals surface area contributed by atoms with Crippen LogP contribution in [0.2, 0.25) is 0 Å². The van der Waals surface area contributed by atoms with Gasteiger partial charge in [0.2, 0.25) is 0 Å². The van der Waals surface area contributed by atoms with Crippen molar-refractivity contribution in [3.05, 3.63) is 11.6 Å². The largest absolute Gasteiger partial charge is 0.508 e. The van der Waals surface area contributed by atoms with E-state index in [0.717, 1.165) is 61.2 Å². The van der Waals surface area contributed by atoms with Gasteiger partial charge in [0.25, 0.3) is 0 Å². The van der Waals surface area contributed by atoms with Gasteiger partial charge in [-0.05, 0) is 97.7 Å². The quantitative estimate of drug-likeness (QED) is 0.261. The van der Waals surface area contributed by atoms with E-state index in [1.54, 1.807) is 5.57 Å². The van der Waals surface area contributed by atoms with E-state index in [9.17, 15) is 4.79 Å². The molecule has 0 saturated heterocycles. The smallest absolute Gasteiger partial charge is 0.434 e. The summed E-state index contributed by atoms with van der Waals surface area (Å²) < 4.78 is 10.9. The predicted molar refractivity (Wildman–Crippen MR) is 140 cm³/mol. The monoisotopic (exact) mass is 472 g/mol. The summed E-state index contributed by atoms with van der Waals surface area (Å²) in [6.07, 6.45) is 17.2. The van der Waals surface area contributed by atoms with E-state index in [-0.39, 0.29) is 6.10 Å². The molecule has 194 valence electrons. The molecule has 0 heterocycles. The Morgan fingerprint density at radius 3 is 2.59 bits per heavy atom. The maximum atomic E-state index is 12.0. The lowest BCUT2D eigenvalue weighted by atomic mass is 9.47. The molecule has 3 fully saturated rings. The summed E-state index contributed by atoms with van der Waals surface area (Å²) in [4.78, 5) is 12.0. The summed E-state index contributed by atoms with van der Waals surface area (Å²) >= 11 is 0. The molecular formula is C31H52O3. The standard InChI is InChI=1S/C31H52O3/c1-7-19-33-29(32)34-24-15-17-30(5)23(20-24)11-12-25-27-14-13-26(22(4)10-8-9-21(2)3)31(27,6)18-16-28(25)30/h11,21-22,24-28H,7-10,12-20H2,1-6H3/t22-,24+,25-,26+,27-,28-,30+,31-/m1/s1. The molecule has 0 aliphatic heterocycles. The molecule has 0 bridgehead atoms. The van der Waals surface area contributed by atoms with Crippen LogP contribution in [0, 0.1) is 46.3 Å². The molecule has 0 unspecified atom stereocenters. The van der Waals surface area contributed by atoms with Gasteiger partial charge in [-0.15, -0.1) is 0 Å². The average molecular weight is 473 g/mol. The number of ether oxygens (including phenoxy) is 2. The van der Waals surface area contributed by atoms with Crippen molar-refractivity contribution >= 4 is 6.16 Å². The highest BCUT2D eigenvalue weighted by molar-refractivity contribution is 5.60. The van der Waals surface area contributed by atoms with Gasteiger partial charge in [-0.2, -0.15) is 0 Å². The maximum absolute atomic E-state index is 12.0. The van der Waals surface area contributed by atoms with E-state index in [1.165, 1.54) is 51.4 Å². The number of carbonyl (C=O) groups excluding carboxylic acids is 1. The Labute approximate surface area is 209 Å². The first-order valence-electron chi connectivity index (χ1n) is 14.7. The van der Waals surface area contributed by atoms with E-state index >= 15 is 0 Å². The minimum absolute atomic E-state index is 0.00311. The van der Waals surface area contributed by atoms with E-state index in [1.807, 2.05) is 6.92 Å². The predicted octanol–water partition coefficient (Wildman–Crippen LogP) is 8.96. The third-order valence-electron chi connectivity index (χ3n) is 10.9. The van der Waals surface area contributed by atoms with E-state index in [0.29, 0.717) is 17.4 Å². The van der Waals surface area contributed by atoms with Gasteiger partial charge in [-0.1, -0.05) is 72.5 Å². The molecule has 4 rings (SSSR count). The highest BCUT2D eigenvalue weighted by Crippen LogP contribution is 2.67. The zero-order valence-corrected chi connectivity index (χ0v) is 23.0. The second-order valence-corrected chi connectivity index (χ2v) is 13.4. The van der Waals surface area contributed by atoms with Gasteiger partial charge in [0, 0.05) is 6.42 Å². The molecule has 0 aromatic heterocycles. The fourth-order valence-electron chi connectivity index (χ4n) is 9.11. The lowest BCUT2D eigenvalue weighted by molar-refractivity contribution is -0.0616. The Bertz CT molecular complexity index is 741. The summed E-state index contributed by atoms with van der Waals surface area (Å²) in [5.41, 5.74) is 2.43. The lowest BCUT2D eigenvalue weighted by Gasteiger charge is -2.58. The molecule has 0 aromatic carbocycles. The van der Waals surface area contributed by atoms with Crippen LogP contribution in [0.15, 0.2) is 11.6 Å². The van der Waals surface area contributed by atoms with E-state index in [4.69, 9.17) is 9.47 Å². The van der Waals surface area contributed by atoms with Crippen molar-refractivity contribution in [2.24, 2.45) is 46.3 Å². The number of hydrogen-bond acceptors (Lipinski definition) is 3. The van der Waals surface area contributed by atoms with Gasteiger partial charge in [0.1, 0.15) is 6.10 Å². The second kappa shape index (κ2) is 10.6. The summed E-state index contributed by atoms with van der Waals surface area (Å²) in [6, 6.07) is 0. The van der Waals surface area contributed by atoms with Crippen molar-refractivity contribution in [1.29, 1.82) is 0 Å². The van der Waals surface area contributed by atoms with Crippen LogP contribution in [0.1, 0.15) is 119 Å². The Morgan fingerprint density at radius 1 is 1.06 bits per heavy atom. The summed E-state index contributed by atoms with van der Waals surface area (Å²) in [5.74, 6) is 5.19. The second-order valence-electron chi connectivity index (χ2n) is 13.4. The first-order chi connectivity index (χ1) is 16.2. The fraction of sp³-hybridized carbons (Fsp3) is 0.903. The molecule has 3 saturated carbocycles. The number of allylic oxidation sites excluding steroid dienone is 1. The zero-order chi connectivity index (χ0) is 24.5. The van der Waals surface area contributed by atoms with Crippen molar-refractivity contribution < 1.29 is 14.3 Å². The number of carbonyl (C=O) groups is 1. The normalized spacial score (nSPS) is 40.1. The molecule has 0 spiro atoms. The number of fused-ring (bicyclic) bond motifs is 5. The van der Waals surface area contributed by atoms with E-state index < -0.39 is 6.16 Å². The SMILES string of the molecule is CCCOC(=O)O[C@H]1CC[C@@]2(C)C(=CC[C@@H]3[C@H]4CC[C@@H]([C@H](C)CCCC(C)C)[C@@]4(C)CC[C@H]32)C1. The van der Waals surface area contributed by atoms with Crippen LogP contribution in [-0.4, -0.2) is 18.9 Å². The van der Waals surface area contributed by atoms with Crippen LogP contribution in [0.3, 0.4) is 0 Å². The van der Waals surface area contributed by atoms with Crippen LogP contribution >= 0.6 is 0 Å². The van der Waals surface area contributed by atoms with Crippen molar-refractivity contribution in [2.75, 3.05) is 6.61 Å². The molecule has 0 radical (unpaired) electrons. The third kappa shape index (κ3) is 4.96. The molecule has 4 aliphatic carbocycles. The van der Waals surface area contributed by atoms with Crippen LogP contribution in [0.5, 0.6) is 0 Å². The zero-order valence-electron chi connectivity index (χ0n) is 23.0.